The second kappa shape index (κ2) is 7.97. The Morgan fingerprint density at radius 3 is 2.89 bits per heavy atom. The monoisotopic (exact) mass is 265 g/mol. The van der Waals surface area contributed by atoms with Gasteiger partial charge in [-0.25, -0.2) is 0 Å². The molecule has 1 amide bonds. The summed E-state index contributed by atoms with van der Waals surface area (Å²) in [6.45, 7) is 1.99. The van der Waals surface area contributed by atoms with E-state index in [2.05, 4.69) is 10.5 Å². The summed E-state index contributed by atoms with van der Waals surface area (Å²) >= 11 is 0. The number of nitrogens with one attached hydrogen (secondary N) is 1. The number of nitrogens with two attached hydrogens (primary N) is 1. The minimum atomic E-state index is -0.0540. The van der Waals surface area contributed by atoms with Gasteiger partial charge in [0.15, 0.2) is 5.84 Å². The van der Waals surface area contributed by atoms with Crippen LogP contribution >= 0.6 is 0 Å². The Bertz CT molecular complexity index is 447. The van der Waals surface area contributed by atoms with Crippen LogP contribution in [0.25, 0.3) is 0 Å². The summed E-state index contributed by atoms with van der Waals surface area (Å²) < 4.78 is 5.36. The molecule has 19 heavy (non-hydrogen) atoms. The number of amidine groups is 1. The first kappa shape index (κ1) is 14.8. The first-order valence-corrected chi connectivity index (χ1v) is 6.15. The number of unbranched alkanes of at least 4 members (excludes halogenated alkanes) is 1. The molecular weight excluding hydrogens is 246 g/mol. The van der Waals surface area contributed by atoms with Gasteiger partial charge in [-0.15, -0.1) is 0 Å². The molecule has 0 bridgehead atoms. The average Bonchev–Trinajstić information content (AvgIpc) is 2.43. The van der Waals surface area contributed by atoms with E-state index in [1.54, 1.807) is 24.3 Å². The lowest BCUT2D eigenvalue weighted by Gasteiger charge is -2.11. The summed E-state index contributed by atoms with van der Waals surface area (Å²) in [6.07, 6.45) is 2.29. The van der Waals surface area contributed by atoms with Gasteiger partial charge < -0.3 is 21.0 Å². The third kappa shape index (κ3) is 5.29. The SMILES string of the molecule is CCCCC(=O)Nc1ccccc1OC/C(N)=N/O. The number of hydrogen-bond acceptors (Lipinski definition) is 4. The van der Waals surface area contributed by atoms with E-state index >= 15 is 0 Å². The highest BCUT2D eigenvalue weighted by Gasteiger charge is 2.07. The molecule has 1 rings (SSSR count). The highest BCUT2D eigenvalue weighted by Crippen LogP contribution is 2.23. The Kier molecular flexibility index (Phi) is 6.21. The Labute approximate surface area is 112 Å². The van der Waals surface area contributed by atoms with E-state index in [0.29, 0.717) is 17.9 Å². The summed E-state index contributed by atoms with van der Waals surface area (Å²) in [4.78, 5) is 11.7. The number of rotatable bonds is 7. The zero-order valence-corrected chi connectivity index (χ0v) is 10.9. The zero-order chi connectivity index (χ0) is 14.1. The normalized spacial score (nSPS) is 11.1. The van der Waals surface area contributed by atoms with E-state index < -0.39 is 0 Å². The van der Waals surface area contributed by atoms with Gasteiger partial charge in [-0.05, 0) is 18.6 Å². The summed E-state index contributed by atoms with van der Waals surface area (Å²) in [5.74, 6) is 0.396. The van der Waals surface area contributed by atoms with E-state index in [9.17, 15) is 4.79 Å². The molecule has 6 nitrogen and oxygen atoms in total. The first-order chi connectivity index (χ1) is 9.17. The highest BCUT2D eigenvalue weighted by molar-refractivity contribution is 5.92. The van der Waals surface area contributed by atoms with Gasteiger partial charge in [0.1, 0.15) is 12.4 Å². The first-order valence-electron chi connectivity index (χ1n) is 6.15. The van der Waals surface area contributed by atoms with Gasteiger partial charge in [-0.3, -0.25) is 4.79 Å². The number of carbonyl (C=O) groups excluding carboxylic acids is 1. The van der Waals surface area contributed by atoms with Crippen LogP contribution in [0.4, 0.5) is 5.69 Å². The van der Waals surface area contributed by atoms with Gasteiger partial charge in [-0.1, -0.05) is 30.6 Å². The summed E-state index contributed by atoms with van der Waals surface area (Å²) in [6, 6.07) is 7.03. The molecule has 0 aliphatic rings. The van der Waals surface area contributed by atoms with Crippen molar-refractivity contribution in [3.63, 3.8) is 0 Å². The molecule has 0 fully saturated rings. The van der Waals surface area contributed by atoms with E-state index in [1.807, 2.05) is 6.92 Å². The highest BCUT2D eigenvalue weighted by atomic mass is 16.5. The fourth-order valence-corrected chi connectivity index (χ4v) is 1.43. The van der Waals surface area contributed by atoms with E-state index in [-0.39, 0.29) is 18.3 Å². The number of benzene rings is 1. The van der Waals surface area contributed by atoms with Gasteiger partial charge in [0.25, 0.3) is 0 Å². The fourth-order valence-electron chi connectivity index (χ4n) is 1.43. The molecule has 0 radical (unpaired) electrons. The molecule has 1 aromatic rings. The van der Waals surface area contributed by atoms with Crippen LogP contribution in [0.5, 0.6) is 5.75 Å². The van der Waals surface area contributed by atoms with Crippen molar-refractivity contribution in [1.29, 1.82) is 0 Å². The van der Waals surface area contributed by atoms with Crippen LogP contribution in [0.3, 0.4) is 0 Å². The molecule has 0 aromatic heterocycles. The van der Waals surface area contributed by atoms with Crippen molar-refractivity contribution in [2.75, 3.05) is 11.9 Å². The van der Waals surface area contributed by atoms with Gasteiger partial charge in [0.2, 0.25) is 5.91 Å². The molecule has 6 heteroatoms. The third-order valence-electron chi connectivity index (χ3n) is 2.42. The van der Waals surface area contributed by atoms with Gasteiger partial charge in [-0.2, -0.15) is 0 Å². The zero-order valence-electron chi connectivity index (χ0n) is 10.9. The lowest BCUT2D eigenvalue weighted by atomic mass is 10.2. The lowest BCUT2D eigenvalue weighted by Crippen LogP contribution is -2.21. The average molecular weight is 265 g/mol. The number of oxime groups is 1. The van der Waals surface area contributed by atoms with Gasteiger partial charge in [0.05, 0.1) is 5.69 Å². The van der Waals surface area contributed by atoms with Crippen LogP contribution in [0.1, 0.15) is 26.2 Å². The largest absolute Gasteiger partial charge is 0.483 e. The van der Waals surface area contributed by atoms with Crippen molar-refractivity contribution in [2.24, 2.45) is 10.9 Å². The molecule has 1 aromatic carbocycles. The number of para-hydroxylation sites is 2. The molecule has 0 spiro atoms. The van der Waals surface area contributed by atoms with Crippen LogP contribution in [-0.2, 0) is 4.79 Å². The van der Waals surface area contributed by atoms with Crippen LogP contribution in [-0.4, -0.2) is 23.6 Å². The van der Waals surface area contributed by atoms with E-state index in [4.69, 9.17) is 15.7 Å². The predicted molar refractivity (Wildman–Crippen MR) is 73.5 cm³/mol. The molecule has 0 aliphatic heterocycles. The topological polar surface area (TPSA) is 96.9 Å². The second-order valence-electron chi connectivity index (χ2n) is 4.03. The molecule has 0 saturated heterocycles. The molecule has 104 valence electrons. The predicted octanol–water partition coefficient (Wildman–Crippen LogP) is 1.94. The summed E-state index contributed by atoms with van der Waals surface area (Å²) in [5, 5.41) is 14.0. The Morgan fingerprint density at radius 2 is 2.21 bits per heavy atom. The number of carbonyl (C=O) groups is 1. The van der Waals surface area contributed by atoms with Crippen LogP contribution in [0, 0.1) is 0 Å². The van der Waals surface area contributed by atoms with Crippen molar-refractivity contribution < 1.29 is 14.7 Å². The van der Waals surface area contributed by atoms with Crippen LogP contribution < -0.4 is 15.8 Å². The van der Waals surface area contributed by atoms with Crippen molar-refractivity contribution in [3.8, 4) is 5.75 Å². The third-order valence-corrected chi connectivity index (χ3v) is 2.42. The molecule has 0 heterocycles. The number of amides is 1. The minimum absolute atomic E-state index is 0.0351. The minimum Gasteiger partial charge on any atom is -0.483 e. The van der Waals surface area contributed by atoms with E-state index in [1.165, 1.54) is 0 Å². The molecular formula is C13H19N3O3. The number of anilines is 1. The molecule has 0 unspecified atom stereocenters. The van der Waals surface area contributed by atoms with Crippen LogP contribution in [0.2, 0.25) is 0 Å². The Morgan fingerprint density at radius 1 is 1.47 bits per heavy atom. The molecule has 0 atom stereocenters. The standard InChI is InChI=1S/C13H19N3O3/c1-2-3-8-13(17)15-10-6-4-5-7-11(10)19-9-12(14)16-18/h4-7,18H,2-3,8-9H2,1H3,(H2,14,16)(H,15,17). The Hall–Kier alpha value is -2.24. The summed E-state index contributed by atoms with van der Waals surface area (Å²) in [5.41, 5.74) is 5.90. The second-order valence-corrected chi connectivity index (χ2v) is 4.03. The molecule has 0 saturated carbocycles. The number of hydrogen-bond donors (Lipinski definition) is 3. The van der Waals surface area contributed by atoms with Crippen molar-refractivity contribution in [2.45, 2.75) is 26.2 Å². The smallest absolute Gasteiger partial charge is 0.224 e. The van der Waals surface area contributed by atoms with E-state index in [0.717, 1.165) is 12.8 Å². The number of ether oxygens (including phenoxy) is 1. The van der Waals surface area contributed by atoms with Crippen LogP contribution in [0.15, 0.2) is 29.4 Å². The lowest BCUT2D eigenvalue weighted by molar-refractivity contribution is -0.116. The van der Waals surface area contributed by atoms with Gasteiger partial charge >= 0.3 is 0 Å². The maximum absolute atomic E-state index is 11.7. The maximum atomic E-state index is 11.7. The Balaban J connectivity index is 2.64. The van der Waals surface area contributed by atoms with Crippen molar-refractivity contribution >= 4 is 17.4 Å². The maximum Gasteiger partial charge on any atom is 0.224 e. The quantitative estimate of drug-likeness (QED) is 0.304. The van der Waals surface area contributed by atoms with Crippen molar-refractivity contribution in [1.82, 2.24) is 0 Å². The van der Waals surface area contributed by atoms with Crippen molar-refractivity contribution in [3.05, 3.63) is 24.3 Å². The summed E-state index contributed by atoms with van der Waals surface area (Å²) in [7, 11) is 0. The number of nitrogens with zero attached hydrogens (tertiary/aromatic N) is 1. The van der Waals surface area contributed by atoms with Gasteiger partial charge in [0, 0.05) is 6.42 Å². The fraction of sp³-hybridized carbons (Fsp3) is 0.385. The molecule has 0 aliphatic carbocycles. The molecule has 4 N–H and O–H groups in total.